The number of halogens is 2. The summed E-state index contributed by atoms with van der Waals surface area (Å²) in [5.74, 6) is -2.31. The van der Waals surface area contributed by atoms with Crippen LogP contribution in [0.25, 0.3) is 0 Å². The van der Waals surface area contributed by atoms with Crippen LogP contribution in [0.3, 0.4) is 0 Å². The molecule has 3 rings (SSSR count). The van der Waals surface area contributed by atoms with Crippen molar-refractivity contribution >= 4 is 39.2 Å². The molecule has 0 saturated carbocycles. The van der Waals surface area contributed by atoms with E-state index in [1.165, 1.54) is 29.2 Å². The van der Waals surface area contributed by atoms with Gasteiger partial charge in [0.25, 0.3) is 11.8 Å². The van der Waals surface area contributed by atoms with E-state index >= 15 is 0 Å². The minimum absolute atomic E-state index is 0.0615. The van der Waals surface area contributed by atoms with Crippen molar-refractivity contribution in [1.29, 1.82) is 0 Å². The predicted molar refractivity (Wildman–Crippen MR) is 120 cm³/mol. The van der Waals surface area contributed by atoms with Crippen LogP contribution in [0, 0.1) is 5.82 Å². The Bertz CT molecular complexity index is 1130. The molecule has 0 spiro atoms. The SMILES string of the molecule is CCC(=O)N1CCN(C(=O)C(NC(=O)c2ccc(Cl)cc2)S(=O)(=O)c2ccc(F)cc2)CC1. The Morgan fingerprint density at radius 3 is 2.06 bits per heavy atom. The van der Waals surface area contributed by atoms with Gasteiger partial charge in [0, 0.05) is 43.2 Å². The van der Waals surface area contributed by atoms with E-state index in [1.807, 2.05) is 0 Å². The van der Waals surface area contributed by atoms with Gasteiger partial charge in [-0.2, -0.15) is 0 Å². The molecule has 1 N–H and O–H groups in total. The summed E-state index contributed by atoms with van der Waals surface area (Å²) in [7, 11) is -4.41. The lowest BCUT2D eigenvalue weighted by atomic mass is 10.2. The highest BCUT2D eigenvalue weighted by molar-refractivity contribution is 7.92. The Balaban J connectivity index is 1.88. The average Bonchev–Trinajstić information content (AvgIpc) is 2.82. The van der Waals surface area contributed by atoms with Crippen molar-refractivity contribution in [3.8, 4) is 0 Å². The van der Waals surface area contributed by atoms with Gasteiger partial charge < -0.3 is 15.1 Å². The first-order chi connectivity index (χ1) is 15.6. The number of benzene rings is 2. The van der Waals surface area contributed by atoms with Gasteiger partial charge in [-0.05, 0) is 48.5 Å². The molecule has 1 saturated heterocycles. The molecule has 176 valence electrons. The first-order valence-corrected chi connectivity index (χ1v) is 12.2. The van der Waals surface area contributed by atoms with E-state index < -0.39 is 32.8 Å². The molecule has 8 nitrogen and oxygen atoms in total. The van der Waals surface area contributed by atoms with Crippen molar-refractivity contribution in [3.05, 3.63) is 64.9 Å². The lowest BCUT2D eigenvalue weighted by molar-refractivity contribution is -0.139. The summed E-state index contributed by atoms with van der Waals surface area (Å²) in [6.07, 6.45) is 0.326. The van der Waals surface area contributed by atoms with E-state index in [0.717, 1.165) is 24.3 Å². The number of piperazine rings is 1. The van der Waals surface area contributed by atoms with Gasteiger partial charge in [-0.3, -0.25) is 14.4 Å². The van der Waals surface area contributed by atoms with Gasteiger partial charge in [-0.1, -0.05) is 18.5 Å². The third kappa shape index (κ3) is 5.69. The zero-order valence-electron chi connectivity index (χ0n) is 17.8. The zero-order chi connectivity index (χ0) is 24.2. The molecule has 33 heavy (non-hydrogen) atoms. The molecule has 1 aliphatic heterocycles. The van der Waals surface area contributed by atoms with E-state index in [2.05, 4.69) is 5.32 Å². The molecule has 11 heteroatoms. The van der Waals surface area contributed by atoms with Crippen molar-refractivity contribution in [2.75, 3.05) is 26.2 Å². The first-order valence-electron chi connectivity index (χ1n) is 10.3. The summed E-state index contributed by atoms with van der Waals surface area (Å²) in [5.41, 5.74) is 0.116. The molecular formula is C22H23ClFN3O5S. The highest BCUT2D eigenvalue weighted by Crippen LogP contribution is 2.19. The van der Waals surface area contributed by atoms with Crippen LogP contribution in [0.1, 0.15) is 23.7 Å². The van der Waals surface area contributed by atoms with Crippen molar-refractivity contribution < 1.29 is 27.2 Å². The standard InChI is InChI=1S/C22H23ClFN3O5S/c1-2-19(28)26-11-13-27(14-12-26)22(30)21(25-20(29)15-3-5-16(23)6-4-15)33(31,32)18-9-7-17(24)8-10-18/h3-10,21H,2,11-14H2,1H3,(H,25,29). The van der Waals surface area contributed by atoms with Crippen molar-refractivity contribution in [3.63, 3.8) is 0 Å². The maximum absolute atomic E-state index is 13.3. The fourth-order valence-corrected chi connectivity index (χ4v) is 4.99. The molecule has 1 atom stereocenters. The fourth-order valence-electron chi connectivity index (χ4n) is 3.40. The molecule has 0 bridgehead atoms. The quantitative estimate of drug-likeness (QED) is 0.618. The number of hydrogen-bond donors (Lipinski definition) is 1. The van der Waals surface area contributed by atoms with Gasteiger partial charge in [-0.15, -0.1) is 0 Å². The summed E-state index contributed by atoms with van der Waals surface area (Å²) in [6, 6.07) is 9.73. The molecular weight excluding hydrogens is 473 g/mol. The summed E-state index contributed by atoms with van der Waals surface area (Å²) in [6.45, 7) is 2.49. The zero-order valence-corrected chi connectivity index (χ0v) is 19.4. The average molecular weight is 496 g/mol. The van der Waals surface area contributed by atoms with Gasteiger partial charge >= 0.3 is 0 Å². The van der Waals surface area contributed by atoms with Crippen LogP contribution >= 0.6 is 11.6 Å². The highest BCUT2D eigenvalue weighted by Gasteiger charge is 2.39. The van der Waals surface area contributed by atoms with Gasteiger partial charge in [0.1, 0.15) is 5.82 Å². The van der Waals surface area contributed by atoms with Gasteiger partial charge in [0.15, 0.2) is 0 Å². The van der Waals surface area contributed by atoms with Crippen LogP contribution in [0.4, 0.5) is 4.39 Å². The van der Waals surface area contributed by atoms with Crippen LogP contribution in [0.2, 0.25) is 5.02 Å². The largest absolute Gasteiger partial charge is 0.339 e. The number of rotatable bonds is 6. The molecule has 1 unspecified atom stereocenters. The van der Waals surface area contributed by atoms with E-state index in [-0.39, 0.29) is 42.5 Å². The molecule has 1 fully saturated rings. The van der Waals surface area contributed by atoms with Crippen LogP contribution in [0.15, 0.2) is 53.4 Å². The summed E-state index contributed by atoms with van der Waals surface area (Å²) in [5, 5.41) is 0.769. The molecule has 1 aliphatic rings. The Morgan fingerprint density at radius 2 is 1.52 bits per heavy atom. The maximum atomic E-state index is 13.3. The Morgan fingerprint density at radius 1 is 0.970 bits per heavy atom. The van der Waals surface area contributed by atoms with Gasteiger partial charge in [-0.25, -0.2) is 12.8 Å². The molecule has 0 aromatic heterocycles. The minimum atomic E-state index is -4.41. The minimum Gasteiger partial charge on any atom is -0.339 e. The van der Waals surface area contributed by atoms with E-state index in [9.17, 15) is 27.2 Å². The number of carbonyl (C=O) groups is 3. The Hall–Kier alpha value is -2.98. The number of sulfone groups is 1. The van der Waals surface area contributed by atoms with E-state index in [1.54, 1.807) is 11.8 Å². The third-order valence-corrected chi connectivity index (χ3v) is 7.41. The highest BCUT2D eigenvalue weighted by atomic mass is 35.5. The van der Waals surface area contributed by atoms with Crippen LogP contribution in [0.5, 0.6) is 0 Å². The molecule has 2 aromatic carbocycles. The molecule has 1 heterocycles. The lowest BCUT2D eigenvalue weighted by Crippen LogP contribution is -2.57. The second-order valence-corrected chi connectivity index (χ2v) is 9.89. The van der Waals surface area contributed by atoms with E-state index in [0.29, 0.717) is 11.4 Å². The van der Waals surface area contributed by atoms with E-state index in [4.69, 9.17) is 11.6 Å². The summed E-state index contributed by atoms with van der Waals surface area (Å²) >= 11 is 5.84. The Kier molecular flexibility index (Phi) is 7.70. The molecule has 3 amide bonds. The third-order valence-electron chi connectivity index (χ3n) is 5.29. The second kappa shape index (κ2) is 10.3. The smallest absolute Gasteiger partial charge is 0.261 e. The van der Waals surface area contributed by atoms with Crippen molar-refractivity contribution in [1.82, 2.24) is 15.1 Å². The molecule has 0 aliphatic carbocycles. The normalized spacial score (nSPS) is 15.1. The number of nitrogens with one attached hydrogen (secondary N) is 1. The second-order valence-electron chi connectivity index (χ2n) is 7.42. The van der Waals surface area contributed by atoms with Crippen LogP contribution < -0.4 is 5.32 Å². The molecule has 2 aromatic rings. The monoisotopic (exact) mass is 495 g/mol. The van der Waals surface area contributed by atoms with Gasteiger partial charge in [0.2, 0.25) is 21.1 Å². The summed E-state index contributed by atoms with van der Waals surface area (Å²) < 4.78 is 39.9. The van der Waals surface area contributed by atoms with Crippen LogP contribution in [-0.4, -0.2) is 67.5 Å². The van der Waals surface area contributed by atoms with Crippen molar-refractivity contribution in [2.24, 2.45) is 0 Å². The fraction of sp³-hybridized carbons (Fsp3) is 0.318. The number of carbonyl (C=O) groups excluding carboxylic acids is 3. The lowest BCUT2D eigenvalue weighted by Gasteiger charge is -2.36. The Labute approximate surface area is 196 Å². The number of amides is 3. The first kappa shape index (κ1) is 24.7. The topological polar surface area (TPSA) is 104 Å². The van der Waals surface area contributed by atoms with Crippen LogP contribution in [-0.2, 0) is 19.4 Å². The number of hydrogen-bond acceptors (Lipinski definition) is 5. The van der Waals surface area contributed by atoms with Gasteiger partial charge in [0.05, 0.1) is 4.90 Å². The maximum Gasteiger partial charge on any atom is 0.261 e. The summed E-state index contributed by atoms with van der Waals surface area (Å²) in [4.78, 5) is 40.5. The predicted octanol–water partition coefficient (Wildman–Crippen LogP) is 2.09. The molecule has 0 radical (unpaired) electrons. The number of nitrogens with zero attached hydrogens (tertiary/aromatic N) is 2. The van der Waals surface area contributed by atoms with Crippen molar-refractivity contribution in [2.45, 2.75) is 23.6 Å².